The molecule has 1 atom stereocenters. The van der Waals surface area contributed by atoms with Crippen molar-refractivity contribution in [3.63, 3.8) is 0 Å². The van der Waals surface area contributed by atoms with Gasteiger partial charge >= 0.3 is 5.97 Å². The summed E-state index contributed by atoms with van der Waals surface area (Å²) in [4.78, 5) is 32.4. The average molecular weight is 455 g/mol. The number of nitrogens with zero attached hydrogens (tertiary/aromatic N) is 2. The first kappa shape index (κ1) is 21.3. The molecule has 0 saturated carbocycles. The minimum Gasteiger partial charge on any atom is -0.497 e. The molecule has 0 N–H and O–H groups in total. The first-order valence-corrected chi connectivity index (χ1v) is 11.5. The lowest BCUT2D eigenvalue weighted by molar-refractivity contribution is -0.143. The van der Waals surface area contributed by atoms with Gasteiger partial charge in [-0.15, -0.1) is 11.3 Å². The maximum Gasteiger partial charge on any atom is 0.338 e. The van der Waals surface area contributed by atoms with Crippen molar-refractivity contribution in [2.75, 3.05) is 7.11 Å². The molecule has 1 aliphatic rings. The van der Waals surface area contributed by atoms with Crippen LogP contribution in [0.25, 0.3) is 6.08 Å². The van der Waals surface area contributed by atoms with Crippen molar-refractivity contribution < 1.29 is 14.3 Å². The quantitative estimate of drug-likeness (QED) is 0.555. The Morgan fingerprint density at radius 1 is 1.23 bits per heavy atom. The van der Waals surface area contributed by atoms with Crippen molar-refractivity contribution >= 4 is 34.7 Å². The molecule has 8 heteroatoms. The maximum absolute atomic E-state index is 13.4. The number of esters is 1. The van der Waals surface area contributed by atoms with Crippen LogP contribution >= 0.6 is 22.7 Å². The van der Waals surface area contributed by atoms with Gasteiger partial charge in [0, 0.05) is 4.88 Å². The Morgan fingerprint density at radius 3 is 2.58 bits per heavy atom. The fourth-order valence-electron chi connectivity index (χ4n) is 3.43. The number of allylic oxidation sites excluding steroid dienone is 1. The Hall–Kier alpha value is -2.97. The van der Waals surface area contributed by atoms with Crippen LogP contribution in [0.3, 0.4) is 0 Å². The van der Waals surface area contributed by atoms with Gasteiger partial charge in [0.1, 0.15) is 11.8 Å². The lowest BCUT2D eigenvalue weighted by atomic mass is 10.0. The fraction of sp³-hybridized carbons (Fsp3) is 0.261. The first-order valence-electron chi connectivity index (χ1n) is 9.80. The van der Waals surface area contributed by atoms with Gasteiger partial charge in [-0.25, -0.2) is 9.79 Å². The first-order chi connectivity index (χ1) is 14.9. The molecule has 0 saturated heterocycles. The van der Waals surface area contributed by atoms with Crippen LogP contribution < -0.4 is 19.6 Å². The third kappa shape index (κ3) is 4.13. The van der Waals surface area contributed by atoms with Gasteiger partial charge in [0.25, 0.3) is 5.56 Å². The van der Waals surface area contributed by atoms with Crippen LogP contribution in [0, 0.1) is 0 Å². The molecule has 0 aliphatic carbocycles. The van der Waals surface area contributed by atoms with Crippen LogP contribution in [0.15, 0.2) is 62.8 Å². The predicted octanol–water partition coefficient (Wildman–Crippen LogP) is 3.26. The molecule has 0 amide bonds. The average Bonchev–Trinajstić information content (AvgIpc) is 3.36. The zero-order chi connectivity index (χ0) is 22.1. The van der Waals surface area contributed by atoms with E-state index in [2.05, 4.69) is 4.99 Å². The summed E-state index contributed by atoms with van der Waals surface area (Å²) in [5.74, 6) is 0.305. The Labute approximate surface area is 187 Å². The number of aromatic nitrogens is 1. The third-order valence-electron chi connectivity index (χ3n) is 4.81. The predicted molar refractivity (Wildman–Crippen MR) is 122 cm³/mol. The minimum absolute atomic E-state index is 0.180. The Morgan fingerprint density at radius 2 is 1.97 bits per heavy atom. The number of benzene rings is 1. The normalized spacial score (nSPS) is 16.3. The number of methoxy groups -OCH3 is 1. The summed E-state index contributed by atoms with van der Waals surface area (Å²) in [6.45, 7) is 5.40. The highest BCUT2D eigenvalue weighted by atomic mass is 32.1. The number of ether oxygens (including phenoxy) is 2. The lowest BCUT2D eigenvalue weighted by Gasteiger charge is -2.24. The second kappa shape index (κ2) is 8.64. The number of carbonyl (C=O) groups excluding carboxylic acids is 1. The van der Waals surface area contributed by atoms with Crippen LogP contribution in [0.4, 0.5) is 0 Å². The Bertz CT molecular complexity index is 1310. The lowest BCUT2D eigenvalue weighted by Crippen LogP contribution is -2.39. The standard InChI is InChI=1S/C23H22N2O4S2/c1-13(2)29-22(27)19-14(3)24-23-25(20(19)17-6-5-11-30-17)21(26)18(31-23)12-15-7-9-16(28-4)10-8-15/h5-13,20H,1-4H3. The number of fused-ring (bicyclic) bond motifs is 1. The molecular weight excluding hydrogens is 432 g/mol. The second-order valence-electron chi connectivity index (χ2n) is 7.32. The van der Waals surface area contributed by atoms with E-state index in [1.54, 1.807) is 32.4 Å². The van der Waals surface area contributed by atoms with Crippen molar-refractivity contribution in [1.29, 1.82) is 0 Å². The largest absolute Gasteiger partial charge is 0.497 e. The van der Waals surface area contributed by atoms with Gasteiger partial charge in [-0.05, 0) is 56.0 Å². The molecule has 2 aromatic heterocycles. The zero-order valence-corrected chi connectivity index (χ0v) is 19.3. The molecule has 0 fully saturated rings. The van der Waals surface area contributed by atoms with Gasteiger partial charge in [0.15, 0.2) is 4.80 Å². The van der Waals surface area contributed by atoms with Crippen molar-refractivity contribution in [2.24, 2.45) is 4.99 Å². The second-order valence-corrected chi connectivity index (χ2v) is 9.31. The minimum atomic E-state index is -0.555. The van der Waals surface area contributed by atoms with Crippen LogP contribution in [0.2, 0.25) is 0 Å². The summed E-state index contributed by atoms with van der Waals surface area (Å²) >= 11 is 2.81. The van der Waals surface area contributed by atoms with E-state index in [0.717, 1.165) is 16.2 Å². The highest BCUT2D eigenvalue weighted by molar-refractivity contribution is 7.10. The summed E-state index contributed by atoms with van der Waals surface area (Å²) in [5.41, 5.74) is 1.68. The number of hydrogen-bond acceptors (Lipinski definition) is 7. The summed E-state index contributed by atoms with van der Waals surface area (Å²) in [7, 11) is 1.61. The summed E-state index contributed by atoms with van der Waals surface area (Å²) in [5, 5.41) is 1.93. The topological polar surface area (TPSA) is 69.9 Å². The van der Waals surface area contributed by atoms with Crippen LogP contribution in [0.5, 0.6) is 5.75 Å². The summed E-state index contributed by atoms with van der Waals surface area (Å²) in [6.07, 6.45) is 1.57. The zero-order valence-electron chi connectivity index (χ0n) is 17.6. The van der Waals surface area contributed by atoms with Gasteiger partial charge in [-0.3, -0.25) is 9.36 Å². The molecule has 0 spiro atoms. The fourth-order valence-corrected chi connectivity index (χ4v) is 5.30. The van der Waals surface area contributed by atoms with Crippen molar-refractivity contribution in [3.8, 4) is 5.75 Å². The van der Waals surface area contributed by atoms with Crippen molar-refractivity contribution in [1.82, 2.24) is 4.57 Å². The summed E-state index contributed by atoms with van der Waals surface area (Å²) in [6, 6.07) is 10.8. The molecule has 31 heavy (non-hydrogen) atoms. The Balaban J connectivity index is 1.88. The van der Waals surface area contributed by atoms with E-state index in [-0.39, 0.29) is 11.7 Å². The van der Waals surface area contributed by atoms with Gasteiger partial charge in [-0.1, -0.05) is 29.5 Å². The number of thiazole rings is 1. The van der Waals surface area contributed by atoms with Crippen molar-refractivity contribution in [3.05, 3.63) is 83.2 Å². The third-order valence-corrected chi connectivity index (χ3v) is 6.72. The molecule has 0 bridgehead atoms. The van der Waals surface area contributed by atoms with E-state index >= 15 is 0 Å². The highest BCUT2D eigenvalue weighted by Gasteiger charge is 2.34. The van der Waals surface area contributed by atoms with Crippen LogP contribution in [-0.2, 0) is 9.53 Å². The Kier molecular flexibility index (Phi) is 5.93. The molecule has 1 unspecified atom stereocenters. The molecule has 3 heterocycles. The number of hydrogen-bond donors (Lipinski definition) is 0. The maximum atomic E-state index is 13.4. The molecule has 0 radical (unpaired) electrons. The van der Waals surface area contributed by atoms with Crippen LogP contribution in [-0.4, -0.2) is 23.8 Å². The summed E-state index contributed by atoms with van der Waals surface area (Å²) < 4.78 is 12.8. The van der Waals surface area contributed by atoms with Crippen molar-refractivity contribution in [2.45, 2.75) is 32.9 Å². The molecule has 6 nitrogen and oxygen atoms in total. The van der Waals surface area contributed by atoms with Crippen LogP contribution in [0.1, 0.15) is 37.3 Å². The van der Waals surface area contributed by atoms with E-state index in [1.807, 2.05) is 47.9 Å². The van der Waals surface area contributed by atoms with Gasteiger partial charge in [0.2, 0.25) is 0 Å². The number of rotatable bonds is 5. The van der Waals surface area contributed by atoms with E-state index in [9.17, 15) is 9.59 Å². The molecule has 1 aromatic carbocycles. The van der Waals surface area contributed by atoms with Gasteiger partial charge in [-0.2, -0.15) is 0 Å². The molecule has 160 valence electrons. The molecular formula is C23H22N2O4S2. The molecule has 4 rings (SSSR count). The van der Waals surface area contributed by atoms with E-state index in [0.29, 0.717) is 20.6 Å². The van der Waals surface area contributed by atoms with E-state index in [1.165, 1.54) is 22.7 Å². The number of thiophene rings is 1. The van der Waals surface area contributed by atoms with Gasteiger partial charge in [0.05, 0.1) is 29.0 Å². The molecule has 1 aliphatic heterocycles. The van der Waals surface area contributed by atoms with E-state index in [4.69, 9.17) is 9.47 Å². The smallest absolute Gasteiger partial charge is 0.338 e. The number of carbonyl (C=O) groups is 1. The SMILES string of the molecule is COc1ccc(C=c2sc3n(c2=O)C(c2cccs2)C(C(=O)OC(C)C)=C(C)N=3)cc1. The van der Waals surface area contributed by atoms with Gasteiger partial charge < -0.3 is 9.47 Å². The molecule has 3 aromatic rings. The monoisotopic (exact) mass is 454 g/mol. The highest BCUT2D eigenvalue weighted by Crippen LogP contribution is 2.33. The van der Waals surface area contributed by atoms with E-state index < -0.39 is 12.0 Å².